The Bertz CT molecular complexity index is 810. The Morgan fingerprint density at radius 1 is 1.30 bits per heavy atom. The molecule has 1 unspecified atom stereocenters. The van der Waals surface area contributed by atoms with Crippen molar-refractivity contribution in [2.75, 3.05) is 25.6 Å². The zero-order chi connectivity index (χ0) is 19.1. The highest BCUT2D eigenvalue weighted by molar-refractivity contribution is 6.02. The van der Waals surface area contributed by atoms with E-state index in [2.05, 4.69) is 5.32 Å². The molecule has 0 spiro atoms. The van der Waals surface area contributed by atoms with Crippen LogP contribution in [0.1, 0.15) is 24.0 Å². The van der Waals surface area contributed by atoms with E-state index in [1.165, 1.54) is 6.08 Å². The smallest absolute Gasteiger partial charge is 0.248 e. The Hall–Kier alpha value is -2.79. The van der Waals surface area contributed by atoms with Gasteiger partial charge in [-0.25, -0.2) is 0 Å². The van der Waals surface area contributed by atoms with Crippen LogP contribution in [0.5, 0.6) is 11.5 Å². The standard InChI is InChI=1S/C22H25NO4/c1-16-8-10-20(21(13-16)27-15-19-7-4-12-26-19)23-22(24)11-9-17-5-3-6-18(14-17)25-2/h3,5-6,8-11,13-14,19H,4,7,12,15H2,1-2H3,(H,23,24)/b11-9+. The SMILES string of the molecule is COc1cccc(/C=C/C(=O)Nc2ccc(C)cc2OCC2CCCO2)c1. The number of anilines is 1. The van der Waals surface area contributed by atoms with E-state index in [1.807, 2.05) is 49.4 Å². The maximum absolute atomic E-state index is 12.3. The van der Waals surface area contributed by atoms with Crippen LogP contribution in [0.15, 0.2) is 48.5 Å². The zero-order valence-electron chi connectivity index (χ0n) is 15.7. The van der Waals surface area contributed by atoms with Gasteiger partial charge in [-0.05, 0) is 61.2 Å². The number of ether oxygens (including phenoxy) is 3. The number of nitrogens with one attached hydrogen (secondary N) is 1. The molecule has 1 aliphatic heterocycles. The molecule has 5 heteroatoms. The van der Waals surface area contributed by atoms with E-state index in [-0.39, 0.29) is 12.0 Å². The van der Waals surface area contributed by atoms with E-state index in [1.54, 1.807) is 13.2 Å². The Balaban J connectivity index is 1.64. The number of carbonyl (C=O) groups is 1. The summed E-state index contributed by atoms with van der Waals surface area (Å²) in [7, 11) is 1.62. The van der Waals surface area contributed by atoms with Crippen LogP contribution in [-0.2, 0) is 9.53 Å². The van der Waals surface area contributed by atoms with E-state index >= 15 is 0 Å². The van der Waals surface area contributed by atoms with E-state index < -0.39 is 0 Å². The van der Waals surface area contributed by atoms with Gasteiger partial charge in [0.15, 0.2) is 0 Å². The van der Waals surface area contributed by atoms with Crippen molar-refractivity contribution in [1.29, 1.82) is 0 Å². The first-order valence-electron chi connectivity index (χ1n) is 9.12. The van der Waals surface area contributed by atoms with Gasteiger partial charge in [-0.3, -0.25) is 4.79 Å². The highest BCUT2D eigenvalue weighted by Gasteiger charge is 2.17. The number of rotatable bonds is 7. The zero-order valence-corrected chi connectivity index (χ0v) is 15.7. The molecule has 0 radical (unpaired) electrons. The Kier molecular flexibility index (Phi) is 6.49. The van der Waals surface area contributed by atoms with Gasteiger partial charge in [0, 0.05) is 12.7 Å². The lowest BCUT2D eigenvalue weighted by Crippen LogP contribution is -2.17. The minimum absolute atomic E-state index is 0.127. The van der Waals surface area contributed by atoms with Gasteiger partial charge in [0.1, 0.15) is 18.1 Å². The summed E-state index contributed by atoms with van der Waals surface area (Å²) in [4.78, 5) is 12.3. The molecule has 0 bridgehead atoms. The molecule has 0 aromatic heterocycles. The monoisotopic (exact) mass is 367 g/mol. The van der Waals surface area contributed by atoms with Crippen LogP contribution >= 0.6 is 0 Å². The van der Waals surface area contributed by atoms with Crippen molar-refractivity contribution in [3.8, 4) is 11.5 Å². The molecule has 1 fully saturated rings. The van der Waals surface area contributed by atoms with Gasteiger partial charge < -0.3 is 19.5 Å². The molecule has 1 saturated heterocycles. The molecule has 3 rings (SSSR count). The molecule has 0 saturated carbocycles. The molecular formula is C22H25NO4. The predicted molar refractivity (Wildman–Crippen MR) is 106 cm³/mol. The highest BCUT2D eigenvalue weighted by atomic mass is 16.5. The van der Waals surface area contributed by atoms with Gasteiger partial charge in [0.25, 0.3) is 0 Å². The summed E-state index contributed by atoms with van der Waals surface area (Å²) in [5, 5.41) is 2.89. The van der Waals surface area contributed by atoms with Gasteiger partial charge in [-0.2, -0.15) is 0 Å². The first-order chi connectivity index (χ1) is 13.1. The normalized spacial score (nSPS) is 16.4. The molecule has 2 aromatic rings. The van der Waals surface area contributed by atoms with Crippen molar-refractivity contribution in [2.45, 2.75) is 25.9 Å². The van der Waals surface area contributed by atoms with Crippen LogP contribution in [-0.4, -0.2) is 32.3 Å². The van der Waals surface area contributed by atoms with Crippen LogP contribution in [0, 0.1) is 6.92 Å². The van der Waals surface area contributed by atoms with Crippen LogP contribution in [0.2, 0.25) is 0 Å². The summed E-state index contributed by atoms with van der Waals surface area (Å²) in [5.41, 5.74) is 2.62. The summed E-state index contributed by atoms with van der Waals surface area (Å²) >= 11 is 0. The second-order valence-electron chi connectivity index (χ2n) is 6.54. The Morgan fingerprint density at radius 2 is 2.19 bits per heavy atom. The molecule has 1 heterocycles. The molecule has 5 nitrogen and oxygen atoms in total. The van der Waals surface area contributed by atoms with E-state index in [0.29, 0.717) is 18.0 Å². The summed E-state index contributed by atoms with van der Waals surface area (Å²) < 4.78 is 16.7. The first-order valence-corrected chi connectivity index (χ1v) is 9.12. The number of carbonyl (C=O) groups excluding carboxylic acids is 1. The van der Waals surface area contributed by atoms with Crippen LogP contribution in [0.3, 0.4) is 0 Å². The maximum Gasteiger partial charge on any atom is 0.248 e. The lowest BCUT2D eigenvalue weighted by molar-refractivity contribution is -0.111. The quantitative estimate of drug-likeness (QED) is 0.745. The second kappa shape index (κ2) is 9.24. The number of amides is 1. The molecular weight excluding hydrogens is 342 g/mol. The van der Waals surface area contributed by atoms with Crippen molar-refractivity contribution < 1.29 is 19.0 Å². The molecule has 1 N–H and O–H groups in total. The Morgan fingerprint density at radius 3 is 2.96 bits per heavy atom. The van der Waals surface area contributed by atoms with Crippen molar-refractivity contribution in [1.82, 2.24) is 0 Å². The second-order valence-corrected chi connectivity index (χ2v) is 6.54. The average molecular weight is 367 g/mol. The first kappa shape index (κ1) is 19.0. The molecule has 2 aromatic carbocycles. The molecule has 0 aliphatic carbocycles. The fourth-order valence-corrected chi connectivity index (χ4v) is 2.90. The minimum atomic E-state index is -0.219. The molecule has 1 atom stereocenters. The molecule has 1 amide bonds. The van der Waals surface area contributed by atoms with Crippen molar-refractivity contribution in [3.63, 3.8) is 0 Å². The van der Waals surface area contributed by atoms with Crippen molar-refractivity contribution in [2.24, 2.45) is 0 Å². The molecule has 142 valence electrons. The van der Waals surface area contributed by atoms with Gasteiger partial charge >= 0.3 is 0 Å². The van der Waals surface area contributed by atoms with E-state index in [4.69, 9.17) is 14.2 Å². The van der Waals surface area contributed by atoms with Crippen LogP contribution < -0.4 is 14.8 Å². The summed E-state index contributed by atoms with van der Waals surface area (Å²) in [6.45, 7) is 3.28. The highest BCUT2D eigenvalue weighted by Crippen LogP contribution is 2.27. The topological polar surface area (TPSA) is 56.8 Å². The van der Waals surface area contributed by atoms with Gasteiger partial charge in [0.05, 0.1) is 18.9 Å². The lowest BCUT2D eigenvalue weighted by Gasteiger charge is -2.15. The van der Waals surface area contributed by atoms with Gasteiger partial charge in [0.2, 0.25) is 5.91 Å². The fourth-order valence-electron chi connectivity index (χ4n) is 2.90. The van der Waals surface area contributed by atoms with Crippen LogP contribution in [0.4, 0.5) is 5.69 Å². The average Bonchev–Trinajstić information content (AvgIpc) is 3.20. The molecule has 1 aliphatic rings. The van der Waals surface area contributed by atoms with Crippen molar-refractivity contribution >= 4 is 17.7 Å². The number of methoxy groups -OCH3 is 1. The fraction of sp³-hybridized carbons (Fsp3) is 0.318. The molecule has 27 heavy (non-hydrogen) atoms. The summed E-state index contributed by atoms with van der Waals surface area (Å²) in [6, 6.07) is 13.3. The summed E-state index contributed by atoms with van der Waals surface area (Å²) in [5.74, 6) is 1.19. The van der Waals surface area contributed by atoms with Crippen molar-refractivity contribution in [3.05, 3.63) is 59.7 Å². The number of benzene rings is 2. The van der Waals surface area contributed by atoms with E-state index in [9.17, 15) is 4.79 Å². The van der Waals surface area contributed by atoms with Gasteiger partial charge in [-0.15, -0.1) is 0 Å². The number of hydrogen-bond acceptors (Lipinski definition) is 4. The predicted octanol–water partition coefficient (Wildman–Crippen LogP) is 4.21. The number of aryl methyl sites for hydroxylation is 1. The third-order valence-electron chi connectivity index (χ3n) is 4.36. The Labute approximate surface area is 159 Å². The van der Waals surface area contributed by atoms with Crippen LogP contribution in [0.25, 0.3) is 6.08 Å². The third kappa shape index (κ3) is 5.59. The van der Waals surface area contributed by atoms with E-state index in [0.717, 1.165) is 36.3 Å². The van der Waals surface area contributed by atoms with Gasteiger partial charge in [-0.1, -0.05) is 18.2 Å². The minimum Gasteiger partial charge on any atom is -0.497 e. The number of hydrogen-bond donors (Lipinski definition) is 1. The third-order valence-corrected chi connectivity index (χ3v) is 4.36. The maximum atomic E-state index is 12.3. The summed E-state index contributed by atoms with van der Waals surface area (Å²) in [6.07, 6.45) is 5.45. The lowest BCUT2D eigenvalue weighted by atomic mass is 10.2. The largest absolute Gasteiger partial charge is 0.497 e.